The maximum atomic E-state index is 10.3. The molecule has 0 aromatic heterocycles. The number of ether oxygens (including phenoxy) is 1. The molecule has 0 aromatic carbocycles. The molecule has 0 aromatic rings. The van der Waals surface area contributed by atoms with Crippen LogP contribution in [0.2, 0.25) is 0 Å². The molecule has 0 radical (unpaired) electrons. The van der Waals surface area contributed by atoms with Crippen molar-refractivity contribution in [2.75, 3.05) is 13.8 Å². The molecule has 1 heterocycles. The average Bonchev–Trinajstić information content (AvgIpc) is 2.70. The summed E-state index contributed by atoms with van der Waals surface area (Å²) < 4.78 is 5.86. The van der Waals surface area contributed by atoms with Crippen LogP contribution in [0.5, 0.6) is 0 Å². The van der Waals surface area contributed by atoms with E-state index in [0.717, 1.165) is 18.7 Å². The summed E-state index contributed by atoms with van der Waals surface area (Å²) in [5.41, 5.74) is 0. The molecule has 1 aliphatic carbocycles. The molecule has 0 unspecified atom stereocenters. The zero-order valence-electron chi connectivity index (χ0n) is 10.2. The standard InChI is InChI=1S/C12H19N3O2/c1-14-7-8-15(12(14)9-13-16)10-17-11-5-3-2-4-6-11/h7-9,11H,2-6,10H2,1H3/b12-9-. The molecule has 2 rings (SSSR count). The molecule has 0 bridgehead atoms. The van der Waals surface area contributed by atoms with Gasteiger partial charge in [0.1, 0.15) is 18.8 Å². The Hall–Kier alpha value is -1.36. The van der Waals surface area contributed by atoms with Gasteiger partial charge in [0.2, 0.25) is 0 Å². The minimum atomic E-state index is 0.369. The van der Waals surface area contributed by atoms with Gasteiger partial charge in [-0.15, -0.1) is 4.91 Å². The van der Waals surface area contributed by atoms with E-state index in [1.54, 1.807) is 0 Å². The van der Waals surface area contributed by atoms with Crippen LogP contribution in [0, 0.1) is 4.91 Å². The summed E-state index contributed by atoms with van der Waals surface area (Å²) in [7, 11) is 1.88. The van der Waals surface area contributed by atoms with E-state index in [9.17, 15) is 4.91 Å². The van der Waals surface area contributed by atoms with E-state index in [4.69, 9.17) is 4.74 Å². The van der Waals surface area contributed by atoms with Crippen LogP contribution in [-0.2, 0) is 4.74 Å². The third-order valence-corrected chi connectivity index (χ3v) is 3.30. The van der Waals surface area contributed by atoms with E-state index in [1.807, 2.05) is 29.2 Å². The van der Waals surface area contributed by atoms with E-state index >= 15 is 0 Å². The highest BCUT2D eigenvalue weighted by Gasteiger charge is 2.19. The Balaban J connectivity index is 1.83. The van der Waals surface area contributed by atoms with Gasteiger partial charge < -0.3 is 14.5 Å². The van der Waals surface area contributed by atoms with E-state index in [0.29, 0.717) is 12.8 Å². The van der Waals surface area contributed by atoms with Crippen molar-refractivity contribution >= 4 is 0 Å². The highest BCUT2D eigenvalue weighted by atomic mass is 16.5. The molecule has 0 spiro atoms. The van der Waals surface area contributed by atoms with E-state index in [-0.39, 0.29) is 0 Å². The molecular formula is C12H19N3O2. The highest BCUT2D eigenvalue weighted by Crippen LogP contribution is 2.22. The van der Waals surface area contributed by atoms with Gasteiger partial charge in [0.15, 0.2) is 0 Å². The molecule has 2 aliphatic rings. The van der Waals surface area contributed by atoms with E-state index in [1.165, 1.54) is 25.5 Å². The van der Waals surface area contributed by atoms with Gasteiger partial charge in [0.05, 0.1) is 6.10 Å². The van der Waals surface area contributed by atoms with Gasteiger partial charge in [0, 0.05) is 19.4 Å². The second kappa shape index (κ2) is 5.82. The fourth-order valence-corrected chi connectivity index (χ4v) is 2.27. The molecule has 1 aliphatic heterocycles. The molecule has 17 heavy (non-hydrogen) atoms. The summed E-state index contributed by atoms with van der Waals surface area (Å²) in [6.07, 6.45) is 11.6. The third kappa shape index (κ3) is 3.06. The first-order valence-corrected chi connectivity index (χ1v) is 6.13. The summed E-state index contributed by atoms with van der Waals surface area (Å²) in [6.45, 7) is 0.493. The van der Waals surface area contributed by atoms with Crippen LogP contribution in [0.15, 0.2) is 29.6 Å². The first-order valence-electron chi connectivity index (χ1n) is 6.13. The summed E-state index contributed by atoms with van der Waals surface area (Å²) in [6, 6.07) is 0. The second-order valence-corrected chi connectivity index (χ2v) is 4.53. The van der Waals surface area contributed by atoms with Gasteiger partial charge in [-0.2, -0.15) is 0 Å². The topological polar surface area (TPSA) is 45.1 Å². The monoisotopic (exact) mass is 237 g/mol. The van der Waals surface area contributed by atoms with Gasteiger partial charge in [-0.25, -0.2) is 0 Å². The molecule has 94 valence electrons. The van der Waals surface area contributed by atoms with Gasteiger partial charge in [0.25, 0.3) is 0 Å². The van der Waals surface area contributed by atoms with Crippen molar-refractivity contribution in [2.24, 2.45) is 5.18 Å². The molecule has 0 N–H and O–H groups in total. The number of hydrogen-bond acceptors (Lipinski definition) is 5. The first-order chi connectivity index (χ1) is 8.31. The molecular weight excluding hydrogens is 218 g/mol. The Morgan fingerprint density at radius 1 is 1.41 bits per heavy atom. The minimum absolute atomic E-state index is 0.369. The Bertz CT molecular complexity index is 322. The van der Waals surface area contributed by atoms with Crippen molar-refractivity contribution in [3.63, 3.8) is 0 Å². The maximum Gasteiger partial charge on any atom is 0.136 e. The normalized spacial score (nSPS) is 23.7. The summed E-state index contributed by atoms with van der Waals surface area (Å²) in [4.78, 5) is 14.1. The van der Waals surface area contributed by atoms with Crippen LogP contribution in [0.3, 0.4) is 0 Å². The fraction of sp³-hybridized carbons (Fsp3) is 0.667. The van der Waals surface area contributed by atoms with Crippen molar-refractivity contribution in [3.05, 3.63) is 29.3 Å². The highest BCUT2D eigenvalue weighted by molar-refractivity contribution is 5.12. The van der Waals surface area contributed by atoms with Crippen LogP contribution in [0.4, 0.5) is 0 Å². The first kappa shape index (κ1) is 12.1. The number of rotatable bonds is 4. The predicted octanol–water partition coefficient (Wildman–Crippen LogP) is 2.58. The molecule has 5 nitrogen and oxygen atoms in total. The predicted molar refractivity (Wildman–Crippen MR) is 65.4 cm³/mol. The van der Waals surface area contributed by atoms with E-state index in [2.05, 4.69) is 5.18 Å². The van der Waals surface area contributed by atoms with Crippen LogP contribution in [0.1, 0.15) is 32.1 Å². The molecule has 0 amide bonds. The third-order valence-electron chi connectivity index (χ3n) is 3.30. The Kier molecular flexibility index (Phi) is 4.14. The molecule has 5 heteroatoms. The van der Waals surface area contributed by atoms with Crippen LogP contribution in [0.25, 0.3) is 0 Å². The van der Waals surface area contributed by atoms with Gasteiger partial charge in [-0.05, 0) is 18.0 Å². The van der Waals surface area contributed by atoms with Crippen LogP contribution >= 0.6 is 0 Å². The van der Waals surface area contributed by atoms with Crippen molar-refractivity contribution in [1.29, 1.82) is 0 Å². The number of nitroso groups, excluding NO2 is 1. The van der Waals surface area contributed by atoms with Crippen LogP contribution < -0.4 is 0 Å². The Morgan fingerprint density at radius 2 is 2.18 bits per heavy atom. The quantitative estimate of drug-likeness (QED) is 0.705. The van der Waals surface area contributed by atoms with Crippen molar-refractivity contribution in [1.82, 2.24) is 9.80 Å². The largest absolute Gasteiger partial charge is 0.358 e. The summed E-state index contributed by atoms with van der Waals surface area (Å²) in [5, 5.41) is 2.82. The SMILES string of the molecule is CN1C=CN(COC2CCCCC2)/C1=C\N=O. The van der Waals surface area contributed by atoms with Crippen LogP contribution in [-0.4, -0.2) is 29.7 Å². The summed E-state index contributed by atoms with van der Waals surface area (Å²) in [5.74, 6) is 0.760. The molecule has 0 atom stereocenters. The van der Waals surface area contributed by atoms with Crippen molar-refractivity contribution in [3.8, 4) is 0 Å². The smallest absolute Gasteiger partial charge is 0.136 e. The van der Waals surface area contributed by atoms with Gasteiger partial charge in [-0.1, -0.05) is 19.3 Å². The lowest BCUT2D eigenvalue weighted by atomic mass is 9.98. The number of hydrogen-bond donors (Lipinski definition) is 0. The van der Waals surface area contributed by atoms with Gasteiger partial charge in [-0.3, -0.25) is 0 Å². The zero-order valence-corrected chi connectivity index (χ0v) is 10.2. The lowest BCUT2D eigenvalue weighted by molar-refractivity contribution is -0.0143. The molecule has 0 saturated heterocycles. The minimum Gasteiger partial charge on any atom is -0.358 e. The fourth-order valence-electron chi connectivity index (χ4n) is 2.27. The van der Waals surface area contributed by atoms with Crippen molar-refractivity contribution < 1.29 is 4.74 Å². The lowest BCUT2D eigenvalue weighted by Crippen LogP contribution is -2.27. The molecule has 1 saturated carbocycles. The Labute approximate surface area is 102 Å². The maximum absolute atomic E-state index is 10.3. The van der Waals surface area contributed by atoms with Gasteiger partial charge >= 0.3 is 0 Å². The second-order valence-electron chi connectivity index (χ2n) is 4.53. The molecule has 1 fully saturated rings. The average molecular weight is 237 g/mol. The van der Waals surface area contributed by atoms with Crippen molar-refractivity contribution in [2.45, 2.75) is 38.2 Å². The Morgan fingerprint density at radius 3 is 2.88 bits per heavy atom. The number of nitrogens with zero attached hydrogens (tertiary/aromatic N) is 3. The van der Waals surface area contributed by atoms with E-state index < -0.39 is 0 Å². The summed E-state index contributed by atoms with van der Waals surface area (Å²) >= 11 is 0. The zero-order chi connectivity index (χ0) is 12.1. The lowest BCUT2D eigenvalue weighted by Gasteiger charge is -2.26.